The third kappa shape index (κ3) is 3.11. The van der Waals surface area contributed by atoms with Gasteiger partial charge in [0, 0.05) is 0 Å². The van der Waals surface area contributed by atoms with Crippen molar-refractivity contribution < 1.29 is 14.3 Å². The maximum absolute atomic E-state index is 12.7. The molecule has 0 spiro atoms. The average molecular weight is 320 g/mol. The van der Waals surface area contributed by atoms with Crippen LogP contribution < -0.4 is 5.43 Å². The first-order chi connectivity index (χ1) is 11.7. The Hall–Kier alpha value is -3.18. The van der Waals surface area contributed by atoms with Crippen molar-refractivity contribution in [1.29, 1.82) is 0 Å². The molecule has 0 aliphatic rings. The number of carbonyl (C=O) groups excluding carboxylic acids is 1. The van der Waals surface area contributed by atoms with Crippen LogP contribution in [-0.4, -0.2) is 17.2 Å². The molecule has 120 valence electrons. The molecule has 3 rings (SSSR count). The Morgan fingerprint density at radius 2 is 1.54 bits per heavy atom. The molecule has 0 fully saturated rings. The molecule has 0 bridgehead atoms. The van der Waals surface area contributed by atoms with Gasteiger partial charge in [0.1, 0.15) is 5.76 Å². The Morgan fingerprint density at radius 3 is 2.04 bits per heavy atom. The summed E-state index contributed by atoms with van der Waals surface area (Å²) in [4.78, 5) is 12.7. The van der Waals surface area contributed by atoms with Gasteiger partial charge in [-0.25, -0.2) is 5.43 Å². The molecule has 1 aromatic heterocycles. The van der Waals surface area contributed by atoms with Crippen molar-refractivity contribution in [2.75, 3.05) is 0 Å². The normalized spacial score (nSPS) is 11.5. The molecule has 3 aromatic rings. The Balaban J connectivity index is 1.91. The molecule has 2 aromatic carbocycles. The van der Waals surface area contributed by atoms with E-state index in [2.05, 4.69) is 10.5 Å². The lowest BCUT2D eigenvalue weighted by molar-refractivity contribution is -0.136. The minimum atomic E-state index is -1.84. The lowest BCUT2D eigenvalue weighted by atomic mass is 9.85. The Kier molecular flexibility index (Phi) is 4.54. The van der Waals surface area contributed by atoms with Crippen LogP contribution in [0.1, 0.15) is 16.9 Å². The Morgan fingerprint density at radius 1 is 0.958 bits per heavy atom. The van der Waals surface area contributed by atoms with E-state index >= 15 is 0 Å². The van der Waals surface area contributed by atoms with E-state index < -0.39 is 11.5 Å². The summed E-state index contributed by atoms with van der Waals surface area (Å²) in [6.45, 7) is 0. The van der Waals surface area contributed by atoms with Crippen LogP contribution in [0.15, 0.2) is 88.6 Å². The highest BCUT2D eigenvalue weighted by Crippen LogP contribution is 2.29. The van der Waals surface area contributed by atoms with Crippen LogP contribution in [0, 0.1) is 0 Å². The van der Waals surface area contributed by atoms with Gasteiger partial charge in [-0.1, -0.05) is 60.7 Å². The van der Waals surface area contributed by atoms with Crippen molar-refractivity contribution in [1.82, 2.24) is 5.43 Å². The number of hydrogen-bond acceptors (Lipinski definition) is 4. The molecule has 0 unspecified atom stereocenters. The Bertz CT molecular complexity index is 773. The second-order valence-corrected chi connectivity index (χ2v) is 5.16. The van der Waals surface area contributed by atoms with Crippen molar-refractivity contribution in [2.45, 2.75) is 5.60 Å². The number of furan rings is 1. The topological polar surface area (TPSA) is 74.8 Å². The molecule has 5 heteroatoms. The zero-order valence-electron chi connectivity index (χ0n) is 12.8. The van der Waals surface area contributed by atoms with Crippen molar-refractivity contribution in [3.05, 3.63) is 95.9 Å². The first-order valence-electron chi connectivity index (χ1n) is 7.41. The summed E-state index contributed by atoms with van der Waals surface area (Å²) in [5, 5.41) is 15.0. The standard InChI is InChI=1S/C19H16N2O3/c22-18(21-20-14-17-12-7-13-24-17)19(23,15-8-3-1-4-9-15)16-10-5-2-6-11-16/h1-14,23H,(H,21,22). The number of benzene rings is 2. The minimum Gasteiger partial charge on any atom is -0.463 e. The highest BCUT2D eigenvalue weighted by Gasteiger charge is 2.39. The monoisotopic (exact) mass is 320 g/mol. The fourth-order valence-corrected chi connectivity index (χ4v) is 2.39. The number of nitrogens with zero attached hydrogens (tertiary/aromatic N) is 1. The van der Waals surface area contributed by atoms with Gasteiger partial charge < -0.3 is 9.52 Å². The molecule has 0 aliphatic carbocycles. The lowest BCUT2D eigenvalue weighted by Gasteiger charge is -2.26. The second-order valence-electron chi connectivity index (χ2n) is 5.16. The van der Waals surface area contributed by atoms with Crippen molar-refractivity contribution in [2.24, 2.45) is 5.10 Å². The second kappa shape index (κ2) is 6.93. The molecule has 2 N–H and O–H groups in total. The molecule has 0 saturated heterocycles. The summed E-state index contributed by atoms with van der Waals surface area (Å²) in [6.07, 6.45) is 2.88. The van der Waals surface area contributed by atoms with E-state index in [1.807, 2.05) is 12.1 Å². The predicted octanol–water partition coefficient (Wildman–Crippen LogP) is 2.67. The molecular formula is C19H16N2O3. The summed E-state index contributed by atoms with van der Waals surface area (Å²) in [7, 11) is 0. The molecule has 0 saturated carbocycles. The lowest BCUT2D eigenvalue weighted by Crippen LogP contribution is -2.43. The van der Waals surface area contributed by atoms with Gasteiger partial charge in [-0.05, 0) is 23.3 Å². The van der Waals surface area contributed by atoms with E-state index in [9.17, 15) is 9.90 Å². The summed E-state index contributed by atoms with van der Waals surface area (Å²) in [6, 6.07) is 20.9. The summed E-state index contributed by atoms with van der Waals surface area (Å²) >= 11 is 0. The van der Waals surface area contributed by atoms with Gasteiger partial charge >= 0.3 is 0 Å². The van der Waals surface area contributed by atoms with Gasteiger partial charge in [-0.3, -0.25) is 4.79 Å². The van der Waals surface area contributed by atoms with Crippen LogP contribution in [0.5, 0.6) is 0 Å². The largest absolute Gasteiger partial charge is 0.463 e. The van der Waals surface area contributed by atoms with Crippen molar-refractivity contribution >= 4 is 12.1 Å². The smallest absolute Gasteiger partial charge is 0.281 e. The van der Waals surface area contributed by atoms with Crippen LogP contribution in [-0.2, 0) is 10.4 Å². The van der Waals surface area contributed by atoms with Crippen LogP contribution in [0.3, 0.4) is 0 Å². The SMILES string of the molecule is O=C(NN=Cc1ccco1)C(O)(c1ccccc1)c1ccccc1. The first kappa shape index (κ1) is 15.7. The average Bonchev–Trinajstić information content (AvgIpc) is 3.16. The third-order valence-electron chi connectivity index (χ3n) is 3.61. The van der Waals surface area contributed by atoms with Crippen LogP contribution in [0.25, 0.3) is 0 Å². The first-order valence-corrected chi connectivity index (χ1v) is 7.41. The highest BCUT2D eigenvalue weighted by atomic mass is 16.3. The number of aliphatic hydroxyl groups is 1. The molecular weight excluding hydrogens is 304 g/mol. The van der Waals surface area contributed by atoms with E-state index in [-0.39, 0.29) is 0 Å². The molecule has 0 aliphatic heterocycles. The number of amides is 1. The van der Waals surface area contributed by atoms with Gasteiger partial charge in [-0.2, -0.15) is 5.10 Å². The van der Waals surface area contributed by atoms with Gasteiger partial charge in [-0.15, -0.1) is 0 Å². The molecule has 1 heterocycles. The minimum absolute atomic E-state index is 0.460. The quantitative estimate of drug-likeness (QED) is 0.560. The number of nitrogens with one attached hydrogen (secondary N) is 1. The maximum Gasteiger partial charge on any atom is 0.281 e. The number of carbonyl (C=O) groups is 1. The van der Waals surface area contributed by atoms with E-state index in [0.29, 0.717) is 16.9 Å². The zero-order chi connectivity index (χ0) is 16.8. The molecule has 0 atom stereocenters. The van der Waals surface area contributed by atoms with Gasteiger partial charge in [0.25, 0.3) is 5.91 Å². The van der Waals surface area contributed by atoms with E-state index in [1.165, 1.54) is 12.5 Å². The van der Waals surface area contributed by atoms with Crippen molar-refractivity contribution in [3.63, 3.8) is 0 Å². The van der Waals surface area contributed by atoms with Crippen LogP contribution in [0.4, 0.5) is 0 Å². The molecule has 24 heavy (non-hydrogen) atoms. The molecule has 5 nitrogen and oxygen atoms in total. The molecule has 1 amide bonds. The Labute approximate surface area is 139 Å². The van der Waals surface area contributed by atoms with E-state index in [0.717, 1.165) is 0 Å². The number of rotatable bonds is 5. The summed E-state index contributed by atoms with van der Waals surface area (Å²) in [5.41, 5.74) is 1.45. The van der Waals surface area contributed by atoms with Crippen LogP contribution >= 0.6 is 0 Å². The maximum atomic E-state index is 12.7. The fourth-order valence-electron chi connectivity index (χ4n) is 2.39. The third-order valence-corrected chi connectivity index (χ3v) is 3.61. The van der Waals surface area contributed by atoms with Crippen molar-refractivity contribution in [3.8, 4) is 0 Å². The van der Waals surface area contributed by atoms with Gasteiger partial charge in [0.2, 0.25) is 0 Å². The summed E-state index contributed by atoms with van der Waals surface area (Å²) in [5.74, 6) is -0.152. The number of hydrazone groups is 1. The highest BCUT2D eigenvalue weighted by molar-refractivity contribution is 5.90. The van der Waals surface area contributed by atoms with Crippen LogP contribution in [0.2, 0.25) is 0 Å². The van der Waals surface area contributed by atoms with E-state index in [1.54, 1.807) is 60.7 Å². The summed E-state index contributed by atoms with van der Waals surface area (Å²) < 4.78 is 5.11. The molecule has 0 radical (unpaired) electrons. The fraction of sp³-hybridized carbons (Fsp3) is 0.0526. The van der Waals surface area contributed by atoms with E-state index in [4.69, 9.17) is 4.42 Å². The van der Waals surface area contributed by atoms with Gasteiger partial charge in [0.05, 0.1) is 12.5 Å². The zero-order valence-corrected chi connectivity index (χ0v) is 12.8. The predicted molar refractivity (Wildman–Crippen MR) is 90.3 cm³/mol. The van der Waals surface area contributed by atoms with Gasteiger partial charge in [0.15, 0.2) is 5.60 Å². The number of hydrogen-bond donors (Lipinski definition) is 2.